The zero-order valence-corrected chi connectivity index (χ0v) is 8.82. The molecule has 0 bridgehead atoms. The summed E-state index contributed by atoms with van der Waals surface area (Å²) in [4.78, 5) is 16.1. The molecule has 78 valence electrons. The molecular weight excluding hydrogens is 190 g/mol. The summed E-state index contributed by atoms with van der Waals surface area (Å²) in [5.41, 5.74) is 1.78. The quantitative estimate of drug-likeness (QED) is 0.758. The Kier molecular flexibility index (Phi) is 3.69. The fourth-order valence-corrected chi connectivity index (χ4v) is 1.12. The number of carbonyl (C=O) groups excluding carboxylic acids is 1. The number of benzene rings is 1. The van der Waals surface area contributed by atoms with E-state index in [-0.39, 0.29) is 12.5 Å². The van der Waals surface area contributed by atoms with Gasteiger partial charge in [-0.05, 0) is 24.3 Å². The molecule has 1 N–H and O–H groups in total. The van der Waals surface area contributed by atoms with Crippen LogP contribution in [0.2, 0.25) is 0 Å². The molecule has 1 aromatic carbocycles. The van der Waals surface area contributed by atoms with Crippen LogP contribution >= 0.6 is 0 Å². The van der Waals surface area contributed by atoms with Gasteiger partial charge in [0.1, 0.15) is 0 Å². The molecule has 0 aromatic heterocycles. The molecule has 0 aliphatic heterocycles. The Bertz CT molecular complexity index is 376. The average Bonchev–Trinajstić information content (AvgIpc) is 2.18. The first-order valence-electron chi connectivity index (χ1n) is 4.54. The van der Waals surface area contributed by atoms with Crippen LogP contribution in [0.4, 0.5) is 11.4 Å². The molecule has 1 amide bonds. The van der Waals surface area contributed by atoms with Crippen LogP contribution in [0.3, 0.4) is 0 Å². The summed E-state index contributed by atoms with van der Waals surface area (Å²) in [5, 5.41) is 2.64. The smallest absolute Gasteiger partial charge is 0.304 e. The van der Waals surface area contributed by atoms with Gasteiger partial charge in [0.05, 0.1) is 0 Å². The molecule has 0 aliphatic carbocycles. The predicted molar refractivity (Wildman–Crippen MR) is 60.9 cm³/mol. The van der Waals surface area contributed by atoms with E-state index in [0.717, 1.165) is 5.69 Å². The van der Waals surface area contributed by atoms with Crippen molar-refractivity contribution in [1.82, 2.24) is 0 Å². The number of carbonyl (C=O) groups is 1. The van der Waals surface area contributed by atoms with E-state index in [1.54, 1.807) is 0 Å². The summed E-state index contributed by atoms with van der Waals surface area (Å²) >= 11 is 0. The van der Waals surface area contributed by atoms with E-state index in [4.69, 9.17) is 6.57 Å². The summed E-state index contributed by atoms with van der Waals surface area (Å²) in [5.74, 6) is -0.275. The van der Waals surface area contributed by atoms with Crippen molar-refractivity contribution in [3.63, 3.8) is 0 Å². The topological polar surface area (TPSA) is 36.7 Å². The summed E-state index contributed by atoms with van der Waals surface area (Å²) in [6, 6.07) is 7.45. The average molecular weight is 203 g/mol. The van der Waals surface area contributed by atoms with Crippen molar-refractivity contribution in [2.75, 3.05) is 30.9 Å². The maximum atomic E-state index is 11.1. The Morgan fingerprint density at radius 2 is 2.00 bits per heavy atom. The summed E-state index contributed by atoms with van der Waals surface area (Å²) in [6.45, 7) is 6.42. The van der Waals surface area contributed by atoms with Crippen LogP contribution in [0.25, 0.3) is 4.85 Å². The molecule has 1 rings (SSSR count). The van der Waals surface area contributed by atoms with E-state index in [1.165, 1.54) is 0 Å². The van der Waals surface area contributed by atoms with Crippen LogP contribution in [-0.4, -0.2) is 26.5 Å². The third-order valence-corrected chi connectivity index (χ3v) is 1.89. The van der Waals surface area contributed by atoms with Crippen LogP contribution in [0.5, 0.6) is 0 Å². The molecule has 0 radical (unpaired) electrons. The van der Waals surface area contributed by atoms with Crippen molar-refractivity contribution >= 4 is 17.3 Å². The summed E-state index contributed by atoms with van der Waals surface area (Å²) < 4.78 is 0. The van der Waals surface area contributed by atoms with E-state index in [9.17, 15) is 4.79 Å². The second-order valence-corrected chi connectivity index (χ2v) is 3.31. The van der Waals surface area contributed by atoms with Gasteiger partial charge in [-0.3, -0.25) is 4.79 Å². The van der Waals surface area contributed by atoms with Crippen molar-refractivity contribution < 1.29 is 4.79 Å². The van der Waals surface area contributed by atoms with Gasteiger partial charge in [0, 0.05) is 25.5 Å². The number of nitrogens with zero attached hydrogens (tertiary/aromatic N) is 2. The van der Waals surface area contributed by atoms with E-state index in [2.05, 4.69) is 10.2 Å². The predicted octanol–water partition coefficient (Wildman–Crippen LogP) is 1.61. The lowest BCUT2D eigenvalue weighted by Gasteiger charge is -2.12. The maximum absolute atomic E-state index is 11.1. The summed E-state index contributed by atoms with van der Waals surface area (Å²) in [6.07, 6.45) is 0. The monoisotopic (exact) mass is 203 g/mol. The molecule has 0 heterocycles. The van der Waals surface area contributed by atoms with Crippen molar-refractivity contribution in [3.8, 4) is 0 Å². The second kappa shape index (κ2) is 5.01. The first kappa shape index (κ1) is 11.1. The van der Waals surface area contributed by atoms with Crippen LogP contribution < -0.4 is 10.2 Å². The van der Waals surface area contributed by atoms with Gasteiger partial charge in [-0.1, -0.05) is 0 Å². The number of nitrogens with one attached hydrogen (secondary N) is 1. The van der Waals surface area contributed by atoms with Gasteiger partial charge in [-0.25, -0.2) is 6.57 Å². The van der Waals surface area contributed by atoms with Crippen molar-refractivity contribution in [1.29, 1.82) is 0 Å². The number of hydrogen-bond acceptors (Lipinski definition) is 2. The molecule has 0 saturated carbocycles. The van der Waals surface area contributed by atoms with Gasteiger partial charge in [0.15, 0.2) is 0 Å². The Morgan fingerprint density at radius 1 is 1.40 bits per heavy atom. The van der Waals surface area contributed by atoms with Crippen LogP contribution in [0.1, 0.15) is 0 Å². The van der Waals surface area contributed by atoms with Crippen LogP contribution in [0.15, 0.2) is 24.3 Å². The lowest BCUT2D eigenvalue weighted by atomic mass is 10.2. The molecule has 0 aliphatic rings. The zero-order valence-electron chi connectivity index (χ0n) is 8.82. The number of hydrogen-bond donors (Lipinski definition) is 1. The number of amides is 1. The van der Waals surface area contributed by atoms with E-state index >= 15 is 0 Å². The van der Waals surface area contributed by atoms with Crippen molar-refractivity contribution in [2.24, 2.45) is 0 Å². The number of rotatable bonds is 3. The largest absolute Gasteiger partial charge is 0.378 e. The van der Waals surface area contributed by atoms with Gasteiger partial charge in [0.2, 0.25) is 0 Å². The van der Waals surface area contributed by atoms with Gasteiger partial charge in [-0.15, -0.1) is 0 Å². The van der Waals surface area contributed by atoms with Gasteiger partial charge in [0.25, 0.3) is 6.54 Å². The molecule has 4 heteroatoms. The highest BCUT2D eigenvalue weighted by molar-refractivity contribution is 5.93. The molecule has 0 saturated heterocycles. The Labute approximate surface area is 89.3 Å². The Balaban J connectivity index is 2.65. The fourth-order valence-electron chi connectivity index (χ4n) is 1.12. The zero-order chi connectivity index (χ0) is 11.3. The lowest BCUT2D eigenvalue weighted by Crippen LogP contribution is -2.14. The second-order valence-electron chi connectivity index (χ2n) is 3.31. The van der Waals surface area contributed by atoms with Crippen molar-refractivity contribution in [3.05, 3.63) is 35.7 Å². The molecular formula is C11H13N3O. The SMILES string of the molecule is [C-]#[N+]CC(=O)Nc1ccc(N(C)C)cc1. The minimum atomic E-state index is -0.275. The molecule has 0 atom stereocenters. The molecule has 15 heavy (non-hydrogen) atoms. The third kappa shape index (κ3) is 3.31. The molecule has 0 spiro atoms. The van der Waals surface area contributed by atoms with Gasteiger partial charge >= 0.3 is 5.91 Å². The molecule has 0 fully saturated rings. The van der Waals surface area contributed by atoms with Gasteiger partial charge in [-0.2, -0.15) is 0 Å². The molecule has 4 nitrogen and oxygen atoms in total. The Morgan fingerprint density at radius 3 is 2.47 bits per heavy atom. The minimum absolute atomic E-state index is 0.130. The summed E-state index contributed by atoms with van der Waals surface area (Å²) in [7, 11) is 3.90. The van der Waals surface area contributed by atoms with E-state index in [1.807, 2.05) is 43.3 Å². The highest BCUT2D eigenvalue weighted by Gasteiger charge is 2.03. The van der Waals surface area contributed by atoms with E-state index < -0.39 is 0 Å². The standard InChI is InChI=1S/C11H13N3O/c1-12-8-11(15)13-9-4-6-10(7-5-9)14(2)3/h4-7H,8H2,2-3H3,(H,13,15). The normalized spacial score (nSPS) is 9.13. The van der Waals surface area contributed by atoms with Crippen LogP contribution in [0, 0.1) is 6.57 Å². The highest BCUT2D eigenvalue weighted by atomic mass is 16.1. The van der Waals surface area contributed by atoms with Crippen molar-refractivity contribution in [2.45, 2.75) is 0 Å². The third-order valence-electron chi connectivity index (χ3n) is 1.89. The minimum Gasteiger partial charge on any atom is -0.378 e. The number of anilines is 2. The fraction of sp³-hybridized carbons (Fsp3) is 0.273. The first-order chi connectivity index (χ1) is 7.13. The van der Waals surface area contributed by atoms with Gasteiger partial charge < -0.3 is 15.1 Å². The first-order valence-corrected chi connectivity index (χ1v) is 4.54. The highest BCUT2D eigenvalue weighted by Crippen LogP contribution is 2.15. The maximum Gasteiger partial charge on any atom is 0.304 e. The van der Waals surface area contributed by atoms with Crippen LogP contribution in [-0.2, 0) is 4.79 Å². The molecule has 0 unspecified atom stereocenters. The lowest BCUT2D eigenvalue weighted by molar-refractivity contribution is -0.114. The Hall–Kier alpha value is -2.02. The molecule has 1 aromatic rings. The van der Waals surface area contributed by atoms with E-state index in [0.29, 0.717) is 5.69 Å².